The molecule has 0 atom stereocenters. The third-order valence-electron chi connectivity index (χ3n) is 3.57. The lowest BCUT2D eigenvalue weighted by Crippen LogP contribution is -2.36. The Bertz CT molecular complexity index is 495. The molecule has 21 heavy (non-hydrogen) atoms. The van der Waals surface area contributed by atoms with Crippen molar-refractivity contribution in [1.29, 1.82) is 0 Å². The first-order valence-corrected chi connectivity index (χ1v) is 7.37. The Morgan fingerprint density at radius 2 is 1.86 bits per heavy atom. The largest absolute Gasteiger partial charge is 0.481 e. The number of hydrogen-bond acceptors (Lipinski definition) is 2. The van der Waals surface area contributed by atoms with E-state index in [2.05, 4.69) is 44.3 Å². The fraction of sp³-hybridized carbons (Fsp3) is 0.529. The Morgan fingerprint density at radius 3 is 2.48 bits per heavy atom. The van der Waals surface area contributed by atoms with Gasteiger partial charge in [-0.2, -0.15) is 0 Å². The number of rotatable bonds is 8. The van der Waals surface area contributed by atoms with Crippen LogP contribution >= 0.6 is 0 Å². The van der Waals surface area contributed by atoms with Crippen LogP contribution in [-0.2, 0) is 15.0 Å². The molecule has 1 aromatic rings. The number of hydrogen-bond donors (Lipinski definition) is 2. The first-order valence-electron chi connectivity index (χ1n) is 7.37. The standard InChI is InChI=1S/C17H25NO3/c1-13-7-6-8-14(11-13)17(2,3)12-18-15(19)9-4-5-10-16(20)21/h6-8,11H,4-5,9-10,12H2,1-3H3,(H,18,19)(H,20,21). The van der Waals surface area contributed by atoms with E-state index in [0.29, 0.717) is 25.8 Å². The van der Waals surface area contributed by atoms with Crippen LogP contribution in [0.1, 0.15) is 50.7 Å². The fourth-order valence-corrected chi connectivity index (χ4v) is 2.14. The quantitative estimate of drug-likeness (QED) is 0.723. The summed E-state index contributed by atoms with van der Waals surface area (Å²) < 4.78 is 0. The molecule has 0 aliphatic carbocycles. The summed E-state index contributed by atoms with van der Waals surface area (Å²) in [7, 11) is 0. The highest BCUT2D eigenvalue weighted by molar-refractivity contribution is 5.76. The van der Waals surface area contributed by atoms with E-state index >= 15 is 0 Å². The molecule has 4 nitrogen and oxygen atoms in total. The van der Waals surface area contributed by atoms with Crippen LogP contribution in [0.3, 0.4) is 0 Å². The molecule has 1 amide bonds. The number of nitrogens with one attached hydrogen (secondary N) is 1. The van der Waals surface area contributed by atoms with E-state index in [4.69, 9.17) is 5.11 Å². The molecule has 0 heterocycles. The molecule has 0 bridgehead atoms. The van der Waals surface area contributed by atoms with E-state index in [1.165, 1.54) is 11.1 Å². The van der Waals surface area contributed by atoms with Crippen molar-refractivity contribution in [1.82, 2.24) is 5.32 Å². The number of unbranched alkanes of at least 4 members (excludes halogenated alkanes) is 1. The second-order valence-corrected chi connectivity index (χ2v) is 6.13. The molecule has 0 saturated carbocycles. The lowest BCUT2D eigenvalue weighted by atomic mass is 9.84. The molecule has 0 fully saturated rings. The van der Waals surface area contributed by atoms with Gasteiger partial charge in [-0.25, -0.2) is 0 Å². The lowest BCUT2D eigenvalue weighted by Gasteiger charge is -2.26. The topological polar surface area (TPSA) is 66.4 Å². The normalized spacial score (nSPS) is 11.2. The molecule has 0 aromatic heterocycles. The molecule has 2 N–H and O–H groups in total. The van der Waals surface area contributed by atoms with Crippen LogP contribution in [0.5, 0.6) is 0 Å². The third-order valence-corrected chi connectivity index (χ3v) is 3.57. The zero-order valence-electron chi connectivity index (χ0n) is 13.1. The minimum Gasteiger partial charge on any atom is -0.481 e. The van der Waals surface area contributed by atoms with Crippen molar-refractivity contribution in [2.75, 3.05) is 6.54 Å². The predicted octanol–water partition coefficient (Wildman–Crippen LogP) is 3.03. The fourth-order valence-electron chi connectivity index (χ4n) is 2.14. The summed E-state index contributed by atoms with van der Waals surface area (Å²) in [6.45, 7) is 6.84. The summed E-state index contributed by atoms with van der Waals surface area (Å²) >= 11 is 0. The van der Waals surface area contributed by atoms with Crippen LogP contribution < -0.4 is 5.32 Å². The predicted molar refractivity (Wildman–Crippen MR) is 83.3 cm³/mol. The number of carboxylic acids is 1. The minimum atomic E-state index is -0.809. The van der Waals surface area contributed by atoms with Gasteiger partial charge in [-0.1, -0.05) is 43.7 Å². The maximum atomic E-state index is 11.8. The highest BCUT2D eigenvalue weighted by Gasteiger charge is 2.21. The number of benzene rings is 1. The van der Waals surface area contributed by atoms with Gasteiger partial charge in [0.15, 0.2) is 0 Å². The van der Waals surface area contributed by atoms with Crippen LogP contribution in [-0.4, -0.2) is 23.5 Å². The number of amides is 1. The Labute approximate surface area is 126 Å². The summed E-state index contributed by atoms with van der Waals surface area (Å²) in [4.78, 5) is 22.2. The van der Waals surface area contributed by atoms with Crippen LogP contribution in [0.2, 0.25) is 0 Å². The number of carbonyl (C=O) groups is 2. The van der Waals surface area contributed by atoms with Gasteiger partial charge < -0.3 is 10.4 Å². The SMILES string of the molecule is Cc1cccc(C(C)(C)CNC(=O)CCCCC(=O)O)c1. The number of carbonyl (C=O) groups excluding carboxylic acids is 1. The Morgan fingerprint density at radius 1 is 1.19 bits per heavy atom. The highest BCUT2D eigenvalue weighted by Crippen LogP contribution is 2.23. The van der Waals surface area contributed by atoms with E-state index in [9.17, 15) is 9.59 Å². The molecular weight excluding hydrogens is 266 g/mol. The van der Waals surface area contributed by atoms with Gasteiger partial charge in [0.05, 0.1) is 0 Å². The smallest absolute Gasteiger partial charge is 0.303 e. The summed E-state index contributed by atoms with van der Waals surface area (Å²) in [5, 5.41) is 11.5. The Hall–Kier alpha value is -1.84. The maximum Gasteiger partial charge on any atom is 0.303 e. The van der Waals surface area contributed by atoms with Crippen molar-refractivity contribution in [3.8, 4) is 0 Å². The van der Waals surface area contributed by atoms with E-state index in [1.54, 1.807) is 0 Å². The average molecular weight is 291 g/mol. The van der Waals surface area contributed by atoms with Gasteiger partial charge in [-0.15, -0.1) is 0 Å². The molecule has 0 aliphatic rings. The number of aliphatic carboxylic acids is 1. The third kappa shape index (κ3) is 6.43. The van der Waals surface area contributed by atoms with Gasteiger partial charge in [0.1, 0.15) is 0 Å². The minimum absolute atomic E-state index is 0.0129. The van der Waals surface area contributed by atoms with Crippen LogP contribution in [0.4, 0.5) is 0 Å². The molecule has 116 valence electrons. The molecule has 4 heteroatoms. The lowest BCUT2D eigenvalue weighted by molar-refractivity contribution is -0.137. The monoisotopic (exact) mass is 291 g/mol. The summed E-state index contributed by atoms with van der Waals surface area (Å²) in [6, 6.07) is 8.30. The Balaban J connectivity index is 2.39. The van der Waals surface area contributed by atoms with Crippen LogP contribution in [0.15, 0.2) is 24.3 Å². The molecule has 1 aromatic carbocycles. The van der Waals surface area contributed by atoms with Gasteiger partial charge in [-0.3, -0.25) is 9.59 Å². The van der Waals surface area contributed by atoms with Gasteiger partial charge in [0.25, 0.3) is 0 Å². The zero-order valence-corrected chi connectivity index (χ0v) is 13.1. The molecule has 0 aliphatic heterocycles. The summed E-state index contributed by atoms with van der Waals surface area (Å²) in [5.41, 5.74) is 2.29. The summed E-state index contributed by atoms with van der Waals surface area (Å²) in [5.74, 6) is -0.822. The van der Waals surface area contributed by atoms with Crippen molar-refractivity contribution in [2.24, 2.45) is 0 Å². The number of carboxylic acid groups (broad SMARTS) is 1. The van der Waals surface area contributed by atoms with Crippen molar-refractivity contribution in [3.05, 3.63) is 35.4 Å². The molecule has 0 unspecified atom stereocenters. The second-order valence-electron chi connectivity index (χ2n) is 6.13. The van der Waals surface area contributed by atoms with Gasteiger partial charge in [-0.05, 0) is 25.3 Å². The second kappa shape index (κ2) is 7.81. The van der Waals surface area contributed by atoms with Gasteiger partial charge in [0.2, 0.25) is 5.91 Å². The molecule has 1 rings (SSSR count). The van der Waals surface area contributed by atoms with E-state index in [1.807, 2.05) is 6.07 Å². The molecular formula is C17H25NO3. The van der Waals surface area contributed by atoms with Crippen LogP contribution in [0.25, 0.3) is 0 Å². The molecule has 0 radical (unpaired) electrons. The zero-order chi connectivity index (χ0) is 15.9. The van der Waals surface area contributed by atoms with Gasteiger partial charge >= 0.3 is 5.97 Å². The first-order chi connectivity index (χ1) is 9.81. The van der Waals surface area contributed by atoms with E-state index in [0.717, 1.165) is 0 Å². The van der Waals surface area contributed by atoms with Crippen molar-refractivity contribution in [2.45, 2.75) is 51.9 Å². The average Bonchev–Trinajstić information content (AvgIpc) is 2.41. The van der Waals surface area contributed by atoms with Crippen LogP contribution in [0, 0.1) is 6.92 Å². The first kappa shape index (κ1) is 17.2. The van der Waals surface area contributed by atoms with E-state index in [-0.39, 0.29) is 17.7 Å². The molecule has 0 spiro atoms. The summed E-state index contributed by atoms with van der Waals surface area (Å²) in [6.07, 6.45) is 1.67. The van der Waals surface area contributed by atoms with E-state index < -0.39 is 5.97 Å². The highest BCUT2D eigenvalue weighted by atomic mass is 16.4. The van der Waals surface area contributed by atoms with Crippen molar-refractivity contribution < 1.29 is 14.7 Å². The van der Waals surface area contributed by atoms with Crippen molar-refractivity contribution >= 4 is 11.9 Å². The molecule has 0 saturated heterocycles. The van der Waals surface area contributed by atoms with Crippen molar-refractivity contribution in [3.63, 3.8) is 0 Å². The van der Waals surface area contributed by atoms with Gasteiger partial charge in [0, 0.05) is 24.8 Å². The maximum absolute atomic E-state index is 11.8. The Kier molecular flexibility index (Phi) is 6.40. The number of aryl methyl sites for hydroxylation is 1.